The number of aryl methyl sites for hydroxylation is 1. The Labute approximate surface area is 151 Å². The van der Waals surface area contributed by atoms with Gasteiger partial charge in [0.1, 0.15) is 0 Å². The van der Waals surface area contributed by atoms with Gasteiger partial charge in [-0.25, -0.2) is 4.79 Å². The maximum Gasteiger partial charge on any atom is 0.316 e. The standard InChI is InChI=1S/C16H20N6O2.ClH/c1-22-9-10(6-19-22)13-7-18-8-14(13)15(23)20-11-3-2-4-12(5-11)21-16(17)24;/h2-6,9,13-14,18H,7-8H2,1H3,(H,20,23)(H3,17,21,24);1H/t13-,14+;/m1./s1. The Balaban J connectivity index is 0.00000225. The van der Waals surface area contributed by atoms with Crippen molar-refractivity contribution >= 4 is 35.7 Å². The summed E-state index contributed by atoms with van der Waals surface area (Å²) in [5.41, 5.74) is 7.30. The zero-order valence-electron chi connectivity index (χ0n) is 13.7. The summed E-state index contributed by atoms with van der Waals surface area (Å²) in [6.07, 6.45) is 3.74. The molecule has 1 aliphatic rings. The van der Waals surface area contributed by atoms with Crippen molar-refractivity contribution in [2.24, 2.45) is 18.7 Å². The lowest BCUT2D eigenvalue weighted by molar-refractivity contribution is -0.119. The number of halogens is 1. The number of carbonyl (C=O) groups is 2. The molecule has 0 radical (unpaired) electrons. The van der Waals surface area contributed by atoms with Crippen molar-refractivity contribution in [3.05, 3.63) is 42.2 Å². The Morgan fingerprint density at radius 3 is 2.64 bits per heavy atom. The summed E-state index contributed by atoms with van der Waals surface area (Å²) in [5, 5.41) is 12.8. The zero-order chi connectivity index (χ0) is 17.1. The van der Waals surface area contributed by atoms with Gasteiger partial charge in [0.05, 0.1) is 12.1 Å². The number of rotatable bonds is 4. The highest BCUT2D eigenvalue weighted by Crippen LogP contribution is 2.29. The van der Waals surface area contributed by atoms with E-state index in [2.05, 4.69) is 21.0 Å². The first-order valence-electron chi connectivity index (χ1n) is 7.69. The number of hydrogen-bond acceptors (Lipinski definition) is 4. The normalized spacial score (nSPS) is 19.1. The molecular formula is C16H21ClN6O2. The van der Waals surface area contributed by atoms with Crippen molar-refractivity contribution in [3.63, 3.8) is 0 Å². The molecule has 0 bridgehead atoms. The largest absolute Gasteiger partial charge is 0.351 e. The minimum atomic E-state index is -0.643. The van der Waals surface area contributed by atoms with Gasteiger partial charge in [-0.2, -0.15) is 5.10 Å². The molecule has 0 aliphatic carbocycles. The first-order valence-corrected chi connectivity index (χ1v) is 7.69. The molecule has 25 heavy (non-hydrogen) atoms. The molecule has 2 atom stereocenters. The van der Waals surface area contributed by atoms with E-state index in [4.69, 9.17) is 5.73 Å². The summed E-state index contributed by atoms with van der Waals surface area (Å²) in [7, 11) is 1.86. The van der Waals surface area contributed by atoms with E-state index in [-0.39, 0.29) is 30.2 Å². The van der Waals surface area contributed by atoms with Crippen LogP contribution in [0.3, 0.4) is 0 Å². The van der Waals surface area contributed by atoms with Crippen LogP contribution in [0.5, 0.6) is 0 Å². The van der Waals surface area contributed by atoms with Crippen molar-refractivity contribution < 1.29 is 9.59 Å². The van der Waals surface area contributed by atoms with Gasteiger partial charge in [0.2, 0.25) is 5.91 Å². The highest BCUT2D eigenvalue weighted by molar-refractivity contribution is 5.95. The molecule has 5 N–H and O–H groups in total. The van der Waals surface area contributed by atoms with E-state index in [1.165, 1.54) is 0 Å². The van der Waals surface area contributed by atoms with E-state index in [9.17, 15) is 9.59 Å². The fourth-order valence-electron chi connectivity index (χ4n) is 2.99. The van der Waals surface area contributed by atoms with Crippen LogP contribution in [-0.2, 0) is 11.8 Å². The van der Waals surface area contributed by atoms with Crippen LogP contribution < -0.4 is 21.7 Å². The molecule has 1 aliphatic heterocycles. The minimum absolute atomic E-state index is 0. The van der Waals surface area contributed by atoms with E-state index in [0.717, 1.165) is 12.1 Å². The second kappa shape index (κ2) is 8.00. The number of nitrogens with two attached hydrogens (primary N) is 1. The van der Waals surface area contributed by atoms with Gasteiger partial charge in [-0.3, -0.25) is 9.48 Å². The summed E-state index contributed by atoms with van der Waals surface area (Å²) >= 11 is 0. The van der Waals surface area contributed by atoms with Gasteiger partial charge in [0.15, 0.2) is 0 Å². The molecule has 3 rings (SSSR count). The molecule has 9 heteroatoms. The van der Waals surface area contributed by atoms with E-state index < -0.39 is 6.03 Å². The van der Waals surface area contributed by atoms with Crippen molar-refractivity contribution in [1.29, 1.82) is 0 Å². The summed E-state index contributed by atoms with van der Waals surface area (Å²) in [4.78, 5) is 23.6. The average molecular weight is 365 g/mol. The zero-order valence-corrected chi connectivity index (χ0v) is 14.5. The molecule has 0 spiro atoms. The van der Waals surface area contributed by atoms with Crippen molar-refractivity contribution in [1.82, 2.24) is 15.1 Å². The lowest BCUT2D eigenvalue weighted by Gasteiger charge is -2.17. The highest BCUT2D eigenvalue weighted by Gasteiger charge is 2.34. The molecule has 0 unspecified atom stereocenters. The number of amides is 3. The maximum atomic E-state index is 12.6. The smallest absolute Gasteiger partial charge is 0.316 e. The van der Waals surface area contributed by atoms with Crippen LogP contribution in [0.4, 0.5) is 16.2 Å². The quantitative estimate of drug-likeness (QED) is 0.654. The molecule has 8 nitrogen and oxygen atoms in total. The van der Waals surface area contributed by atoms with Crippen LogP contribution in [0, 0.1) is 5.92 Å². The first kappa shape index (κ1) is 18.8. The van der Waals surface area contributed by atoms with Crippen molar-refractivity contribution in [2.45, 2.75) is 5.92 Å². The summed E-state index contributed by atoms with van der Waals surface area (Å²) < 4.78 is 1.74. The SMILES string of the molecule is Cl.Cn1cc([C@H]2CNC[C@@H]2C(=O)Nc2cccc(NC(N)=O)c2)cn1. The molecule has 1 fully saturated rings. The number of nitrogens with zero attached hydrogens (tertiary/aromatic N) is 2. The number of urea groups is 1. The molecule has 1 aromatic carbocycles. The number of anilines is 2. The van der Waals surface area contributed by atoms with Gasteiger partial charge < -0.3 is 21.7 Å². The fraction of sp³-hybridized carbons (Fsp3) is 0.312. The number of nitrogens with one attached hydrogen (secondary N) is 3. The van der Waals surface area contributed by atoms with E-state index in [1.54, 1.807) is 35.1 Å². The Bertz CT molecular complexity index is 763. The van der Waals surface area contributed by atoms with Gasteiger partial charge in [0.25, 0.3) is 0 Å². The second-order valence-electron chi connectivity index (χ2n) is 5.88. The van der Waals surface area contributed by atoms with Crippen LogP contribution in [-0.4, -0.2) is 34.8 Å². The number of carbonyl (C=O) groups excluding carboxylic acids is 2. The third kappa shape index (κ3) is 4.49. The highest BCUT2D eigenvalue weighted by atomic mass is 35.5. The molecule has 0 saturated carbocycles. The van der Waals surface area contributed by atoms with E-state index >= 15 is 0 Å². The lowest BCUT2D eigenvalue weighted by Crippen LogP contribution is -2.28. The van der Waals surface area contributed by atoms with Crippen LogP contribution in [0.15, 0.2) is 36.7 Å². The molecule has 2 aromatic rings. The Kier molecular flexibility index (Phi) is 6.00. The molecule has 1 aromatic heterocycles. The van der Waals surface area contributed by atoms with Gasteiger partial charge in [-0.1, -0.05) is 6.07 Å². The molecular weight excluding hydrogens is 344 g/mol. The van der Waals surface area contributed by atoms with Crippen LogP contribution in [0.1, 0.15) is 11.5 Å². The van der Waals surface area contributed by atoms with Crippen LogP contribution in [0.2, 0.25) is 0 Å². The maximum absolute atomic E-state index is 12.6. The lowest BCUT2D eigenvalue weighted by atomic mass is 9.90. The van der Waals surface area contributed by atoms with Gasteiger partial charge >= 0.3 is 6.03 Å². The minimum Gasteiger partial charge on any atom is -0.351 e. The van der Waals surface area contributed by atoms with Crippen molar-refractivity contribution in [2.75, 3.05) is 23.7 Å². The summed E-state index contributed by atoms with van der Waals surface area (Å²) in [6.45, 7) is 1.36. The average Bonchev–Trinajstić information content (AvgIpc) is 3.15. The Morgan fingerprint density at radius 1 is 1.28 bits per heavy atom. The molecule has 2 heterocycles. The first-order chi connectivity index (χ1) is 11.5. The monoisotopic (exact) mass is 364 g/mol. The summed E-state index contributed by atoms with van der Waals surface area (Å²) in [5.74, 6) is -0.155. The Hall–Kier alpha value is -2.58. The van der Waals surface area contributed by atoms with E-state index in [1.807, 2.05) is 13.2 Å². The molecule has 134 valence electrons. The van der Waals surface area contributed by atoms with Gasteiger partial charge in [-0.15, -0.1) is 12.4 Å². The van der Waals surface area contributed by atoms with Crippen LogP contribution in [0.25, 0.3) is 0 Å². The third-order valence-electron chi connectivity index (χ3n) is 4.10. The third-order valence-corrected chi connectivity index (χ3v) is 4.10. The fourth-order valence-corrected chi connectivity index (χ4v) is 2.99. The molecule has 1 saturated heterocycles. The number of primary amides is 1. The van der Waals surface area contributed by atoms with Crippen LogP contribution >= 0.6 is 12.4 Å². The van der Waals surface area contributed by atoms with Gasteiger partial charge in [-0.05, 0) is 23.8 Å². The van der Waals surface area contributed by atoms with E-state index in [0.29, 0.717) is 17.9 Å². The molecule has 3 amide bonds. The number of benzene rings is 1. The second-order valence-corrected chi connectivity index (χ2v) is 5.88. The van der Waals surface area contributed by atoms with Crippen molar-refractivity contribution in [3.8, 4) is 0 Å². The Morgan fingerprint density at radius 2 is 2.00 bits per heavy atom. The topological polar surface area (TPSA) is 114 Å². The number of hydrogen-bond donors (Lipinski definition) is 4. The number of aromatic nitrogens is 2. The van der Waals surface area contributed by atoms with Gasteiger partial charge in [0, 0.05) is 43.6 Å². The predicted molar refractivity (Wildman–Crippen MR) is 97.8 cm³/mol. The summed E-state index contributed by atoms with van der Waals surface area (Å²) in [6, 6.07) is 6.24. The predicted octanol–water partition coefficient (Wildman–Crippen LogP) is 1.27.